The second kappa shape index (κ2) is 17.3. The molecule has 1 aliphatic carbocycles. The monoisotopic (exact) mass is 864 g/mol. The molecular weight excluding hydrogens is 818 g/mol. The fraction of sp³-hybridized carbons (Fsp3) is 0.400. The highest BCUT2D eigenvalue weighted by Crippen LogP contribution is 2.34. The SMILES string of the molecule is Cn1c(=O)n([C@@H]2CCC(=O)NC2=O)c2ccc(CCCN3CCN(c4cnc(-c5ccc6cn(C7CCC(CNC(=O)c8cc(F)c(O)c(F)c8F)CC7)nc6c5)cn4)CC3)cc21. The highest BCUT2D eigenvalue weighted by Gasteiger charge is 2.32. The normalized spacial score (nSPS) is 19.8. The molecule has 6 aromatic rings. The second-order valence-corrected chi connectivity index (χ2v) is 16.8. The summed E-state index contributed by atoms with van der Waals surface area (Å²) in [6, 6.07) is 12.0. The lowest BCUT2D eigenvalue weighted by Gasteiger charge is -2.35. The number of aryl methyl sites for hydroxylation is 2. The number of benzene rings is 3. The minimum atomic E-state index is -1.79. The molecule has 0 spiro atoms. The average Bonchev–Trinajstić information content (AvgIpc) is 3.83. The highest BCUT2D eigenvalue weighted by atomic mass is 19.2. The number of hydrogen-bond donors (Lipinski definition) is 3. The largest absolute Gasteiger partial charge is 0.503 e. The van der Waals surface area contributed by atoms with Crippen molar-refractivity contribution in [3.05, 3.63) is 100 Å². The van der Waals surface area contributed by atoms with E-state index in [1.165, 1.54) is 4.57 Å². The molecule has 0 bridgehead atoms. The van der Waals surface area contributed by atoms with Crippen molar-refractivity contribution >= 4 is 45.5 Å². The number of imidazole rings is 1. The number of nitrogens with one attached hydrogen (secondary N) is 2. The Labute approximate surface area is 359 Å². The van der Waals surface area contributed by atoms with Crippen LogP contribution in [0.4, 0.5) is 19.0 Å². The molecule has 0 radical (unpaired) electrons. The fourth-order valence-corrected chi connectivity index (χ4v) is 9.21. The van der Waals surface area contributed by atoms with E-state index in [4.69, 9.17) is 15.1 Å². The summed E-state index contributed by atoms with van der Waals surface area (Å²) in [6.07, 6.45) is 11.2. The van der Waals surface area contributed by atoms with E-state index in [9.17, 15) is 37.5 Å². The quantitative estimate of drug-likeness (QED) is 0.117. The first kappa shape index (κ1) is 41.8. The number of piperidine rings is 1. The van der Waals surface area contributed by atoms with Crippen LogP contribution >= 0.6 is 0 Å². The van der Waals surface area contributed by atoms with Crippen LogP contribution in [0.15, 0.2) is 65.8 Å². The summed E-state index contributed by atoms with van der Waals surface area (Å²) in [7, 11) is 1.71. The van der Waals surface area contributed by atoms with Gasteiger partial charge in [-0.1, -0.05) is 18.2 Å². The van der Waals surface area contributed by atoms with Crippen molar-refractivity contribution in [1.82, 2.24) is 44.4 Å². The number of imide groups is 1. The molecular formula is C45H47F3N10O5. The average molecular weight is 865 g/mol. The molecule has 3 fully saturated rings. The first-order valence-electron chi connectivity index (χ1n) is 21.4. The molecule has 328 valence electrons. The number of anilines is 1. The Kier molecular flexibility index (Phi) is 11.5. The fourth-order valence-electron chi connectivity index (χ4n) is 9.21. The molecule has 9 rings (SSSR count). The van der Waals surface area contributed by atoms with Crippen LogP contribution in [0.1, 0.15) is 73.0 Å². The molecule has 18 heteroatoms. The maximum Gasteiger partial charge on any atom is 0.329 e. The molecule has 2 saturated heterocycles. The van der Waals surface area contributed by atoms with Crippen LogP contribution in [0, 0.1) is 23.4 Å². The third-order valence-corrected chi connectivity index (χ3v) is 12.9. The van der Waals surface area contributed by atoms with E-state index in [1.807, 2.05) is 53.5 Å². The Morgan fingerprint density at radius 2 is 1.70 bits per heavy atom. The van der Waals surface area contributed by atoms with Gasteiger partial charge in [0.25, 0.3) is 5.91 Å². The number of aromatic hydroxyl groups is 1. The van der Waals surface area contributed by atoms with Crippen molar-refractivity contribution in [2.45, 2.75) is 63.5 Å². The predicted octanol–water partition coefficient (Wildman–Crippen LogP) is 5.16. The Morgan fingerprint density at radius 3 is 2.44 bits per heavy atom. The Balaban J connectivity index is 0.737. The Bertz CT molecular complexity index is 2790. The van der Waals surface area contributed by atoms with Gasteiger partial charge in [0.2, 0.25) is 17.6 Å². The van der Waals surface area contributed by atoms with Crippen molar-refractivity contribution in [2.24, 2.45) is 13.0 Å². The number of nitrogens with zero attached hydrogens (tertiary/aromatic N) is 8. The van der Waals surface area contributed by atoms with Crippen molar-refractivity contribution in [2.75, 3.05) is 44.2 Å². The standard InChI is InChI=1S/C45H47F3N10O5/c1-54-37-19-26(6-11-35(37)58(45(54)63)36-12-13-39(59)52-44(36)62)3-2-14-55-15-17-56(18-16-55)38-24-49-34(23-50-38)28-7-8-29-25-57(53-33(29)20-28)30-9-4-27(5-10-30)22-51-43(61)31-21-32(46)42(60)41(48)40(31)47/h6-8,11,19-21,23-25,27,30,36,60H,2-5,9-10,12-18,22H2,1H3,(H,51,61)(H,52,59,62)/t27?,30?,36-/m1/s1. The van der Waals surface area contributed by atoms with Gasteiger partial charge in [0.15, 0.2) is 17.4 Å². The molecule has 3 aromatic carbocycles. The van der Waals surface area contributed by atoms with Gasteiger partial charge in [-0.3, -0.25) is 43.4 Å². The number of amides is 3. The summed E-state index contributed by atoms with van der Waals surface area (Å²) in [5.41, 5.74) is 4.03. The number of aromatic nitrogens is 6. The first-order valence-corrected chi connectivity index (χ1v) is 21.4. The number of piperazine rings is 1. The number of carbonyl (C=O) groups excluding carboxylic acids is 3. The van der Waals surface area contributed by atoms with Crippen LogP contribution in [0.2, 0.25) is 0 Å². The molecule has 5 heterocycles. The van der Waals surface area contributed by atoms with Crippen LogP contribution < -0.4 is 21.2 Å². The van der Waals surface area contributed by atoms with Crippen molar-refractivity contribution in [3.8, 4) is 17.0 Å². The lowest BCUT2D eigenvalue weighted by Crippen LogP contribution is -2.47. The number of halogens is 3. The minimum Gasteiger partial charge on any atom is -0.503 e. The van der Waals surface area contributed by atoms with Crippen LogP contribution in [0.3, 0.4) is 0 Å². The minimum absolute atomic E-state index is 0.109. The van der Waals surface area contributed by atoms with Gasteiger partial charge in [0.05, 0.1) is 46.2 Å². The van der Waals surface area contributed by atoms with Gasteiger partial charge in [-0.25, -0.2) is 18.6 Å². The smallest absolute Gasteiger partial charge is 0.329 e. The highest BCUT2D eigenvalue weighted by molar-refractivity contribution is 6.00. The van der Waals surface area contributed by atoms with Gasteiger partial charge in [0.1, 0.15) is 11.9 Å². The third kappa shape index (κ3) is 8.38. The lowest BCUT2D eigenvalue weighted by atomic mass is 9.86. The predicted molar refractivity (Wildman–Crippen MR) is 228 cm³/mol. The van der Waals surface area contributed by atoms with E-state index < -0.39 is 46.6 Å². The lowest BCUT2D eigenvalue weighted by molar-refractivity contribution is -0.135. The number of fused-ring (bicyclic) bond motifs is 2. The molecule has 63 heavy (non-hydrogen) atoms. The summed E-state index contributed by atoms with van der Waals surface area (Å²) in [5, 5.41) is 20.1. The van der Waals surface area contributed by atoms with E-state index in [0.717, 1.165) is 110 Å². The van der Waals surface area contributed by atoms with Crippen LogP contribution in [0.25, 0.3) is 33.2 Å². The molecule has 2 aliphatic heterocycles. The van der Waals surface area contributed by atoms with Crippen LogP contribution in [-0.4, -0.2) is 95.9 Å². The van der Waals surface area contributed by atoms with Gasteiger partial charge < -0.3 is 15.3 Å². The molecule has 3 N–H and O–H groups in total. The van der Waals surface area contributed by atoms with Gasteiger partial charge >= 0.3 is 5.69 Å². The zero-order valence-electron chi connectivity index (χ0n) is 34.7. The number of rotatable bonds is 11. The maximum atomic E-state index is 14.2. The van der Waals surface area contributed by atoms with Crippen LogP contribution in [-0.2, 0) is 23.1 Å². The molecule has 15 nitrogen and oxygen atoms in total. The van der Waals surface area contributed by atoms with Crippen LogP contribution in [0.5, 0.6) is 5.75 Å². The van der Waals surface area contributed by atoms with E-state index in [1.54, 1.807) is 17.8 Å². The number of carbonyl (C=O) groups is 3. The van der Waals surface area contributed by atoms with E-state index >= 15 is 0 Å². The molecule has 0 unspecified atom stereocenters. The molecule has 3 aliphatic rings. The van der Waals surface area contributed by atoms with E-state index in [0.29, 0.717) is 18.0 Å². The Morgan fingerprint density at radius 1 is 0.905 bits per heavy atom. The summed E-state index contributed by atoms with van der Waals surface area (Å²) in [4.78, 5) is 64.1. The third-order valence-electron chi connectivity index (χ3n) is 12.9. The van der Waals surface area contributed by atoms with Gasteiger partial charge in [-0.15, -0.1) is 0 Å². The summed E-state index contributed by atoms with van der Waals surface area (Å²) >= 11 is 0. The molecule has 3 amide bonds. The van der Waals surface area contributed by atoms with Crippen molar-refractivity contribution < 1.29 is 32.7 Å². The zero-order chi connectivity index (χ0) is 43.9. The molecule has 1 saturated carbocycles. The first-order chi connectivity index (χ1) is 30.4. The number of hydrogen-bond acceptors (Lipinski definition) is 10. The van der Waals surface area contributed by atoms with Gasteiger partial charge in [0, 0.05) is 63.3 Å². The zero-order valence-corrected chi connectivity index (χ0v) is 34.7. The number of phenols is 1. The number of phenolic OH excluding ortho intramolecular Hbond substituents is 1. The summed E-state index contributed by atoms with van der Waals surface area (Å²) in [5.74, 6) is -6.97. The van der Waals surface area contributed by atoms with E-state index in [2.05, 4.69) is 20.4 Å². The topological polar surface area (TPSA) is 173 Å². The van der Waals surface area contributed by atoms with Gasteiger partial charge in [-0.05, 0) is 87.2 Å². The maximum absolute atomic E-state index is 14.2. The van der Waals surface area contributed by atoms with E-state index in [-0.39, 0.29) is 36.5 Å². The summed E-state index contributed by atoms with van der Waals surface area (Å²) in [6.45, 7) is 4.63. The van der Waals surface area contributed by atoms with Crippen molar-refractivity contribution in [1.29, 1.82) is 0 Å². The molecule has 1 atom stereocenters. The summed E-state index contributed by atoms with van der Waals surface area (Å²) < 4.78 is 46.7. The van der Waals surface area contributed by atoms with Crippen molar-refractivity contribution in [3.63, 3.8) is 0 Å². The van der Waals surface area contributed by atoms with Gasteiger partial charge in [-0.2, -0.15) is 9.49 Å². The Hall–Kier alpha value is -6.56. The second-order valence-electron chi connectivity index (χ2n) is 16.8. The molecule has 3 aromatic heterocycles.